The number of hydrogen-bond donors (Lipinski definition) is 6. The monoisotopic (exact) mass is 434 g/mol. The Kier molecular flexibility index (Phi) is 6.76. The summed E-state index contributed by atoms with van der Waals surface area (Å²) in [6.07, 6.45) is -8.96. The molecule has 6 N–H and O–H groups in total. The van der Waals surface area contributed by atoms with E-state index in [2.05, 4.69) is 0 Å². The molecular weight excluding hydrogens is 412 g/mol. The topological polar surface area (TPSA) is 174 Å². The van der Waals surface area contributed by atoms with Crippen LogP contribution >= 0.6 is 0 Å². The molecule has 0 aliphatic carbocycles. The standard InChI is InChI=1S/C21H22O10/c22-11-6-8-15(30-21-18(27)16(25)17(26)19(31-21)20(28)29)12(9-11)14(24)7-5-10-3-1-2-4-13(10)23/h1-4,6,8-9,16-19,21-23,25-27H,5,7H2,(H,28,29). The van der Waals surface area contributed by atoms with Crippen molar-refractivity contribution < 1.29 is 49.7 Å². The van der Waals surface area contributed by atoms with Gasteiger partial charge in [-0.1, -0.05) is 18.2 Å². The van der Waals surface area contributed by atoms with Gasteiger partial charge in [0.1, 0.15) is 35.6 Å². The van der Waals surface area contributed by atoms with Gasteiger partial charge in [-0.2, -0.15) is 0 Å². The number of aryl methyl sites for hydroxylation is 1. The molecule has 5 unspecified atom stereocenters. The van der Waals surface area contributed by atoms with Gasteiger partial charge < -0.3 is 40.1 Å². The van der Waals surface area contributed by atoms with Crippen molar-refractivity contribution in [2.24, 2.45) is 0 Å². The Bertz CT molecular complexity index is 959. The number of Topliss-reactive ketones (excluding diaryl/α,β-unsaturated/α-hetero) is 1. The molecule has 10 nitrogen and oxygen atoms in total. The van der Waals surface area contributed by atoms with Gasteiger partial charge in [0.2, 0.25) is 6.29 Å². The van der Waals surface area contributed by atoms with E-state index >= 15 is 0 Å². The number of ketones is 1. The van der Waals surface area contributed by atoms with Crippen molar-refractivity contribution in [3.05, 3.63) is 53.6 Å². The van der Waals surface area contributed by atoms with E-state index in [9.17, 15) is 35.1 Å². The quantitative estimate of drug-likeness (QED) is 0.330. The normalized spacial score (nSPS) is 25.7. The van der Waals surface area contributed by atoms with Crippen LogP contribution in [0.15, 0.2) is 42.5 Å². The summed E-state index contributed by atoms with van der Waals surface area (Å²) in [6.45, 7) is 0. The zero-order valence-electron chi connectivity index (χ0n) is 16.2. The van der Waals surface area contributed by atoms with Crippen LogP contribution in [-0.4, -0.2) is 73.1 Å². The van der Waals surface area contributed by atoms with Gasteiger partial charge in [-0.05, 0) is 36.2 Å². The largest absolute Gasteiger partial charge is 0.508 e. The molecule has 5 atom stereocenters. The Balaban J connectivity index is 1.80. The lowest BCUT2D eigenvalue weighted by atomic mass is 9.98. The average molecular weight is 434 g/mol. The number of para-hydroxylation sites is 1. The summed E-state index contributed by atoms with van der Waals surface area (Å²) in [4.78, 5) is 24.0. The molecule has 10 heteroatoms. The maximum Gasteiger partial charge on any atom is 0.335 e. The maximum absolute atomic E-state index is 12.8. The number of rotatable bonds is 7. The first kappa shape index (κ1) is 22.5. The van der Waals surface area contributed by atoms with Crippen molar-refractivity contribution in [2.75, 3.05) is 0 Å². The summed E-state index contributed by atoms with van der Waals surface area (Å²) in [7, 11) is 0. The molecule has 0 spiro atoms. The summed E-state index contributed by atoms with van der Waals surface area (Å²) in [6, 6.07) is 10.1. The fraction of sp³-hybridized carbons (Fsp3) is 0.333. The van der Waals surface area contributed by atoms with Crippen LogP contribution in [0, 0.1) is 0 Å². The highest BCUT2D eigenvalue weighted by atomic mass is 16.7. The molecule has 1 aliphatic heterocycles. The molecule has 31 heavy (non-hydrogen) atoms. The van der Waals surface area contributed by atoms with Crippen molar-refractivity contribution in [3.8, 4) is 17.2 Å². The average Bonchev–Trinajstić information content (AvgIpc) is 2.74. The number of carbonyl (C=O) groups is 2. The highest BCUT2D eigenvalue weighted by Crippen LogP contribution is 2.30. The van der Waals surface area contributed by atoms with Crippen LogP contribution in [0.1, 0.15) is 22.3 Å². The van der Waals surface area contributed by atoms with E-state index in [1.54, 1.807) is 18.2 Å². The van der Waals surface area contributed by atoms with E-state index in [1.807, 2.05) is 0 Å². The summed E-state index contributed by atoms with van der Waals surface area (Å²) in [5, 5.41) is 58.6. The molecule has 2 aromatic carbocycles. The highest BCUT2D eigenvalue weighted by Gasteiger charge is 2.48. The van der Waals surface area contributed by atoms with Crippen LogP contribution in [0.2, 0.25) is 0 Å². The fourth-order valence-electron chi connectivity index (χ4n) is 3.22. The minimum absolute atomic E-state index is 0.0358. The fourth-order valence-corrected chi connectivity index (χ4v) is 3.22. The van der Waals surface area contributed by atoms with Crippen LogP contribution < -0.4 is 4.74 Å². The lowest BCUT2D eigenvalue weighted by molar-refractivity contribution is -0.271. The number of ether oxygens (including phenoxy) is 2. The Hall–Kier alpha value is -3.18. The Morgan fingerprint density at radius 2 is 1.68 bits per heavy atom. The minimum Gasteiger partial charge on any atom is -0.508 e. The first-order valence-electron chi connectivity index (χ1n) is 9.41. The lowest BCUT2D eigenvalue weighted by Gasteiger charge is -2.38. The molecule has 1 heterocycles. The number of aliphatic hydroxyl groups is 3. The van der Waals surface area contributed by atoms with E-state index in [0.29, 0.717) is 5.56 Å². The first-order chi connectivity index (χ1) is 14.7. The predicted molar refractivity (Wildman–Crippen MR) is 104 cm³/mol. The van der Waals surface area contributed by atoms with Gasteiger partial charge in [-0.15, -0.1) is 0 Å². The highest BCUT2D eigenvalue weighted by molar-refractivity contribution is 5.99. The van der Waals surface area contributed by atoms with Crippen LogP contribution in [0.5, 0.6) is 17.2 Å². The molecule has 1 aliphatic rings. The van der Waals surface area contributed by atoms with Gasteiger partial charge in [-0.25, -0.2) is 4.79 Å². The SMILES string of the molecule is O=C(CCc1ccccc1O)c1cc(O)ccc1OC1OC(C(=O)O)C(O)C(O)C1O. The molecule has 1 saturated heterocycles. The minimum atomic E-state index is -1.88. The van der Waals surface area contributed by atoms with Gasteiger partial charge in [0.05, 0.1) is 5.56 Å². The number of benzene rings is 2. The molecule has 0 saturated carbocycles. The molecular formula is C21H22O10. The van der Waals surface area contributed by atoms with Crippen LogP contribution in [0.3, 0.4) is 0 Å². The zero-order valence-corrected chi connectivity index (χ0v) is 16.2. The Morgan fingerprint density at radius 3 is 2.35 bits per heavy atom. The summed E-state index contributed by atoms with van der Waals surface area (Å²) in [5.41, 5.74) is 0.477. The van der Waals surface area contributed by atoms with Crippen LogP contribution in [0.4, 0.5) is 0 Å². The van der Waals surface area contributed by atoms with E-state index in [1.165, 1.54) is 18.2 Å². The summed E-state index contributed by atoms with van der Waals surface area (Å²) >= 11 is 0. The van der Waals surface area contributed by atoms with Crippen LogP contribution in [0.25, 0.3) is 0 Å². The second-order valence-electron chi connectivity index (χ2n) is 7.09. The van der Waals surface area contributed by atoms with Gasteiger partial charge in [0.15, 0.2) is 11.9 Å². The number of aliphatic hydroxyl groups excluding tert-OH is 3. The smallest absolute Gasteiger partial charge is 0.335 e. The Labute approximate surface area is 176 Å². The summed E-state index contributed by atoms with van der Waals surface area (Å²) < 4.78 is 10.5. The first-order valence-corrected chi connectivity index (χ1v) is 9.41. The number of aromatic hydroxyl groups is 2. The molecule has 0 amide bonds. The second kappa shape index (κ2) is 9.31. The van der Waals surface area contributed by atoms with E-state index in [0.717, 1.165) is 6.07 Å². The number of carboxylic acids is 1. The molecule has 3 rings (SSSR count). The second-order valence-corrected chi connectivity index (χ2v) is 7.09. The third kappa shape index (κ3) is 4.94. The van der Waals surface area contributed by atoms with Crippen molar-refractivity contribution in [1.29, 1.82) is 0 Å². The van der Waals surface area contributed by atoms with E-state index < -0.39 is 42.5 Å². The number of aliphatic carboxylic acids is 1. The van der Waals surface area contributed by atoms with Gasteiger partial charge in [0.25, 0.3) is 0 Å². The number of phenols is 2. The third-order valence-electron chi connectivity index (χ3n) is 4.93. The maximum atomic E-state index is 12.8. The van der Waals surface area contributed by atoms with E-state index in [4.69, 9.17) is 14.6 Å². The van der Waals surface area contributed by atoms with Gasteiger partial charge in [0, 0.05) is 6.42 Å². The molecule has 0 aromatic heterocycles. The Morgan fingerprint density at radius 1 is 0.968 bits per heavy atom. The van der Waals surface area contributed by atoms with Crippen molar-refractivity contribution in [1.82, 2.24) is 0 Å². The van der Waals surface area contributed by atoms with Crippen molar-refractivity contribution >= 4 is 11.8 Å². The van der Waals surface area contributed by atoms with E-state index in [-0.39, 0.29) is 35.7 Å². The molecule has 2 aromatic rings. The van der Waals surface area contributed by atoms with Gasteiger partial charge in [-0.3, -0.25) is 4.79 Å². The van der Waals surface area contributed by atoms with Crippen LogP contribution in [-0.2, 0) is 16.0 Å². The number of phenolic OH excluding ortho intramolecular Hbond substituents is 2. The molecule has 0 bridgehead atoms. The molecule has 166 valence electrons. The number of carbonyl (C=O) groups excluding carboxylic acids is 1. The molecule has 0 radical (unpaired) electrons. The van der Waals surface area contributed by atoms with Crippen molar-refractivity contribution in [3.63, 3.8) is 0 Å². The molecule has 1 fully saturated rings. The lowest BCUT2D eigenvalue weighted by Crippen LogP contribution is -2.61. The third-order valence-corrected chi connectivity index (χ3v) is 4.93. The van der Waals surface area contributed by atoms with Crippen molar-refractivity contribution in [2.45, 2.75) is 43.5 Å². The van der Waals surface area contributed by atoms with Gasteiger partial charge >= 0.3 is 5.97 Å². The number of carboxylic acid groups (broad SMARTS) is 1. The number of hydrogen-bond acceptors (Lipinski definition) is 9. The summed E-state index contributed by atoms with van der Waals surface area (Å²) in [5.74, 6) is -2.36. The zero-order chi connectivity index (χ0) is 22.7. The predicted octanol–water partition coefficient (Wildman–Crippen LogP) is 0.184.